The van der Waals surface area contributed by atoms with Crippen LogP contribution in [0.25, 0.3) is 11.2 Å². The average molecular weight is 295 g/mol. The van der Waals surface area contributed by atoms with Gasteiger partial charge in [0.1, 0.15) is 11.3 Å². The Kier molecular flexibility index (Phi) is 3.53. The Balaban J connectivity index is 2.08. The van der Waals surface area contributed by atoms with Gasteiger partial charge in [-0.1, -0.05) is 19.8 Å². The molecule has 3 unspecified atom stereocenters. The number of fused-ring (bicyclic) bond motifs is 1. The highest BCUT2D eigenvalue weighted by molar-refractivity contribution is 6.20. The number of aromatic nitrogens is 4. The van der Waals surface area contributed by atoms with Crippen molar-refractivity contribution in [3.05, 3.63) is 11.5 Å². The first-order valence-corrected chi connectivity index (χ1v) is 7.96. The molecule has 2 aromatic heterocycles. The van der Waals surface area contributed by atoms with Crippen LogP contribution in [0.15, 0.2) is 0 Å². The van der Waals surface area contributed by atoms with Gasteiger partial charge in [0.05, 0.1) is 11.1 Å². The molecule has 0 N–H and O–H groups in total. The molecular weight excluding hydrogens is 272 g/mol. The summed E-state index contributed by atoms with van der Waals surface area (Å²) in [5.41, 5.74) is 3.10. The molecule has 0 bridgehead atoms. The predicted molar refractivity (Wildman–Crippen MR) is 82.0 cm³/mol. The summed E-state index contributed by atoms with van der Waals surface area (Å²) in [5.74, 6) is 2.51. The van der Waals surface area contributed by atoms with Gasteiger partial charge in [0.2, 0.25) is 0 Å². The van der Waals surface area contributed by atoms with Gasteiger partial charge >= 0.3 is 0 Å². The number of rotatable bonds is 3. The maximum Gasteiger partial charge on any atom is 0.158 e. The number of aryl methyl sites for hydroxylation is 2. The van der Waals surface area contributed by atoms with Crippen molar-refractivity contribution < 1.29 is 0 Å². The Morgan fingerprint density at radius 3 is 2.75 bits per heavy atom. The molecule has 110 valence electrons. The lowest BCUT2D eigenvalue weighted by molar-refractivity contribution is 0.361. The van der Waals surface area contributed by atoms with E-state index in [-0.39, 0.29) is 5.38 Å². The minimum absolute atomic E-state index is 0.0708. The molecule has 0 spiro atoms. The van der Waals surface area contributed by atoms with Gasteiger partial charge in [-0.25, -0.2) is 4.98 Å². The Morgan fingerprint density at radius 1 is 1.40 bits per heavy atom. The molecule has 3 atom stereocenters. The summed E-state index contributed by atoms with van der Waals surface area (Å²) in [4.78, 5) is 4.75. The first-order valence-electron chi connectivity index (χ1n) is 7.52. The van der Waals surface area contributed by atoms with E-state index >= 15 is 0 Å². The lowest BCUT2D eigenvalue weighted by Gasteiger charge is -2.19. The van der Waals surface area contributed by atoms with Crippen molar-refractivity contribution in [2.75, 3.05) is 0 Å². The molecule has 0 amide bonds. The van der Waals surface area contributed by atoms with Crippen molar-refractivity contribution >= 4 is 22.8 Å². The Labute approximate surface area is 125 Å². The number of halogens is 1. The molecule has 1 saturated carbocycles. The summed E-state index contributed by atoms with van der Waals surface area (Å²) in [6.45, 7) is 7.40. The van der Waals surface area contributed by atoms with E-state index in [1.807, 2.05) is 25.6 Å². The molecule has 0 radical (unpaired) electrons. The van der Waals surface area contributed by atoms with E-state index in [0.717, 1.165) is 41.1 Å². The fraction of sp³-hybridized carbons (Fsp3) is 0.733. The summed E-state index contributed by atoms with van der Waals surface area (Å²) < 4.78 is 4.25. The van der Waals surface area contributed by atoms with Gasteiger partial charge < -0.3 is 4.57 Å². The molecule has 4 nitrogen and oxygen atoms in total. The number of imidazole rings is 1. The van der Waals surface area contributed by atoms with Gasteiger partial charge in [0.25, 0.3) is 0 Å². The molecular formula is C15H23ClN4. The molecule has 0 saturated heterocycles. The lowest BCUT2D eigenvalue weighted by Crippen LogP contribution is -2.17. The molecule has 0 aromatic carbocycles. The molecule has 1 aliphatic rings. The summed E-state index contributed by atoms with van der Waals surface area (Å²) in [5, 5.41) is 4.42. The summed E-state index contributed by atoms with van der Waals surface area (Å²) in [6, 6.07) is 0. The van der Waals surface area contributed by atoms with E-state index in [2.05, 4.69) is 16.6 Å². The van der Waals surface area contributed by atoms with Crippen molar-refractivity contribution in [3.63, 3.8) is 0 Å². The number of nitrogens with zero attached hydrogens (tertiary/aromatic N) is 4. The van der Waals surface area contributed by atoms with Crippen molar-refractivity contribution in [2.24, 2.45) is 18.9 Å². The summed E-state index contributed by atoms with van der Waals surface area (Å²) in [7, 11) is 1.99. The topological polar surface area (TPSA) is 35.6 Å². The van der Waals surface area contributed by atoms with E-state index in [1.54, 1.807) is 0 Å². The number of alkyl halides is 1. The highest BCUT2D eigenvalue weighted by atomic mass is 35.5. The SMILES string of the molecule is Cc1nn(C)c2c1nc(C(C)Cl)n2CC1CCCC1C. The van der Waals surface area contributed by atoms with E-state index < -0.39 is 0 Å². The van der Waals surface area contributed by atoms with Crippen LogP contribution in [0, 0.1) is 18.8 Å². The van der Waals surface area contributed by atoms with Crippen LogP contribution in [-0.2, 0) is 13.6 Å². The second-order valence-corrected chi connectivity index (χ2v) is 6.90. The van der Waals surface area contributed by atoms with Crippen molar-refractivity contribution in [1.29, 1.82) is 0 Å². The third-order valence-corrected chi connectivity index (χ3v) is 4.93. The molecule has 2 heterocycles. The summed E-state index contributed by atoms with van der Waals surface area (Å²) >= 11 is 6.35. The van der Waals surface area contributed by atoms with Crippen LogP contribution >= 0.6 is 11.6 Å². The largest absolute Gasteiger partial charge is 0.311 e. The first-order chi connectivity index (χ1) is 9.49. The standard InChI is InChI=1S/C15H23ClN4/c1-9-6-5-7-12(9)8-20-14(10(2)16)17-13-11(3)18-19(4)15(13)20/h9-10,12H,5-8H2,1-4H3. The van der Waals surface area contributed by atoms with E-state index in [1.165, 1.54) is 19.3 Å². The minimum atomic E-state index is -0.0708. The Bertz CT molecular complexity index is 625. The first kappa shape index (κ1) is 13.9. The van der Waals surface area contributed by atoms with Crippen molar-refractivity contribution in [1.82, 2.24) is 19.3 Å². The van der Waals surface area contributed by atoms with Crippen molar-refractivity contribution in [3.8, 4) is 0 Å². The zero-order valence-electron chi connectivity index (χ0n) is 12.7. The van der Waals surface area contributed by atoms with E-state index in [4.69, 9.17) is 16.6 Å². The molecule has 5 heteroatoms. The van der Waals surface area contributed by atoms with Gasteiger partial charge in [-0.2, -0.15) is 5.10 Å². The predicted octanol–water partition coefficient (Wildman–Crippen LogP) is 3.81. The molecule has 1 fully saturated rings. The quantitative estimate of drug-likeness (QED) is 0.807. The average Bonchev–Trinajstić information content (AvgIpc) is 3.01. The van der Waals surface area contributed by atoms with Crippen LogP contribution in [-0.4, -0.2) is 19.3 Å². The third kappa shape index (κ3) is 2.14. The summed E-state index contributed by atoms with van der Waals surface area (Å²) in [6.07, 6.45) is 4.01. The monoisotopic (exact) mass is 294 g/mol. The van der Waals surface area contributed by atoms with Crippen molar-refractivity contribution in [2.45, 2.75) is 52.0 Å². The number of hydrogen-bond acceptors (Lipinski definition) is 2. The lowest BCUT2D eigenvalue weighted by atomic mass is 9.98. The van der Waals surface area contributed by atoms with Gasteiger partial charge in [-0.15, -0.1) is 11.6 Å². The molecule has 1 aliphatic carbocycles. The van der Waals surface area contributed by atoms with E-state index in [0.29, 0.717) is 0 Å². The second-order valence-electron chi connectivity index (χ2n) is 6.25. The van der Waals surface area contributed by atoms with Crippen LogP contribution in [0.3, 0.4) is 0 Å². The minimum Gasteiger partial charge on any atom is -0.311 e. The van der Waals surface area contributed by atoms with Crippen LogP contribution < -0.4 is 0 Å². The normalized spacial score (nSPS) is 24.6. The molecule has 3 rings (SSSR count). The van der Waals surface area contributed by atoms with Crippen LogP contribution in [0.2, 0.25) is 0 Å². The van der Waals surface area contributed by atoms with E-state index in [9.17, 15) is 0 Å². The fourth-order valence-corrected chi connectivity index (χ4v) is 3.73. The fourth-order valence-electron chi connectivity index (χ4n) is 3.56. The van der Waals surface area contributed by atoms with Gasteiger partial charge in [0, 0.05) is 13.6 Å². The van der Waals surface area contributed by atoms with Gasteiger partial charge in [-0.3, -0.25) is 4.68 Å². The Morgan fingerprint density at radius 2 is 2.15 bits per heavy atom. The zero-order valence-corrected chi connectivity index (χ0v) is 13.5. The van der Waals surface area contributed by atoms with Gasteiger partial charge in [0.15, 0.2) is 5.65 Å². The zero-order chi connectivity index (χ0) is 14.4. The van der Waals surface area contributed by atoms with Crippen LogP contribution in [0.5, 0.6) is 0 Å². The Hall–Kier alpha value is -1.03. The molecule has 2 aromatic rings. The smallest absolute Gasteiger partial charge is 0.158 e. The van der Waals surface area contributed by atoms with Crippen LogP contribution in [0.1, 0.15) is 50.0 Å². The van der Waals surface area contributed by atoms with Crippen LogP contribution in [0.4, 0.5) is 0 Å². The number of hydrogen-bond donors (Lipinski definition) is 0. The maximum atomic E-state index is 6.35. The van der Waals surface area contributed by atoms with Gasteiger partial charge in [-0.05, 0) is 32.1 Å². The third-order valence-electron chi connectivity index (χ3n) is 4.73. The molecule has 0 aliphatic heterocycles. The second kappa shape index (κ2) is 5.06. The highest BCUT2D eigenvalue weighted by Gasteiger charge is 2.27. The maximum absolute atomic E-state index is 6.35. The molecule has 20 heavy (non-hydrogen) atoms. The highest BCUT2D eigenvalue weighted by Crippen LogP contribution is 2.35.